The van der Waals surface area contributed by atoms with E-state index in [-0.39, 0.29) is 21.1 Å². The van der Waals surface area contributed by atoms with Crippen molar-refractivity contribution in [3.05, 3.63) is 71.8 Å². The Morgan fingerprint density at radius 3 is 2.09 bits per heavy atom. The molecule has 0 aromatic heterocycles. The molecule has 2 aliphatic heterocycles. The van der Waals surface area contributed by atoms with Crippen LogP contribution in [0.25, 0.3) is 0 Å². The van der Waals surface area contributed by atoms with Crippen molar-refractivity contribution < 1.29 is 9.47 Å². The van der Waals surface area contributed by atoms with Gasteiger partial charge in [0.25, 0.3) is 0 Å². The molecule has 0 spiro atoms. The van der Waals surface area contributed by atoms with Crippen molar-refractivity contribution in [1.82, 2.24) is 0 Å². The van der Waals surface area contributed by atoms with Crippen LogP contribution in [-0.2, 0) is 10.3 Å². The molecule has 0 radical (unpaired) electrons. The molecule has 0 amide bonds. The van der Waals surface area contributed by atoms with Crippen LogP contribution in [0.1, 0.15) is 24.0 Å². The van der Waals surface area contributed by atoms with E-state index in [0.717, 1.165) is 0 Å². The fourth-order valence-corrected chi connectivity index (χ4v) is 4.33. The fraction of sp³-hybridized carbons (Fsp3) is 0.333. The van der Waals surface area contributed by atoms with Gasteiger partial charge in [-0.1, -0.05) is 69.1 Å². The van der Waals surface area contributed by atoms with Crippen LogP contribution in [0.4, 0.5) is 0 Å². The summed E-state index contributed by atoms with van der Waals surface area (Å²) in [5, 5.41) is 0. The van der Waals surface area contributed by atoms with E-state index in [1.807, 2.05) is 0 Å². The second-order valence-electron chi connectivity index (χ2n) is 6.25. The molecule has 0 bridgehead atoms. The Kier molecular flexibility index (Phi) is 4.16. The molecule has 0 saturated carbocycles. The van der Waals surface area contributed by atoms with Crippen LogP contribution in [-0.4, -0.2) is 28.1 Å². The largest absolute Gasteiger partial charge is 0.570 e. The van der Waals surface area contributed by atoms with Gasteiger partial charge in [0.15, 0.2) is 5.60 Å². The van der Waals surface area contributed by atoms with Crippen molar-refractivity contribution in [2.75, 3.05) is 6.54 Å². The number of rotatable bonds is 2. The third-order valence-corrected chi connectivity index (χ3v) is 5.19. The third kappa shape index (κ3) is 2.13. The first-order valence-corrected chi connectivity index (χ1v) is 7.97. The van der Waals surface area contributed by atoms with Gasteiger partial charge in [0, 0.05) is 19.7 Å². The zero-order valence-corrected chi connectivity index (χ0v) is 12.5. The average Bonchev–Trinajstić information content (AvgIpc) is 3.13. The Morgan fingerprint density at radius 2 is 1.55 bits per heavy atom. The van der Waals surface area contributed by atoms with Gasteiger partial charge in [0.1, 0.15) is 6.04 Å². The molecule has 4 rings (SSSR count). The lowest BCUT2D eigenvalue weighted by molar-refractivity contribution is -0.800. The number of nitrogens with one attached hydrogen (secondary N) is 1. The summed E-state index contributed by atoms with van der Waals surface area (Å²) in [7, 11) is 0.262. The third-order valence-electron chi connectivity index (χ3n) is 5.19. The van der Waals surface area contributed by atoms with Gasteiger partial charge >= 0.3 is 7.05 Å². The minimum Gasteiger partial charge on any atom is -0.373 e. The van der Waals surface area contributed by atoms with E-state index in [1.54, 1.807) is 4.81 Å². The van der Waals surface area contributed by atoms with Crippen molar-refractivity contribution in [3.63, 3.8) is 0 Å². The highest BCUT2D eigenvalue weighted by Crippen LogP contribution is 2.41. The lowest BCUT2D eigenvalue weighted by Crippen LogP contribution is -3.17. The molecule has 2 aromatic rings. The van der Waals surface area contributed by atoms with Gasteiger partial charge in [0.2, 0.25) is 0 Å². The smallest absolute Gasteiger partial charge is 0.373 e. The minimum atomic E-state index is -0.284. The molecule has 0 aliphatic carbocycles. The summed E-state index contributed by atoms with van der Waals surface area (Å²) >= 11 is 0. The molecule has 2 fully saturated rings. The van der Waals surface area contributed by atoms with Crippen LogP contribution >= 0.6 is 0 Å². The van der Waals surface area contributed by atoms with Crippen LogP contribution in [0.15, 0.2) is 60.7 Å². The highest BCUT2D eigenvalue weighted by atomic mass is 16.5. The molecule has 2 atom stereocenters. The Hall–Kier alpha value is -1.51. The summed E-state index contributed by atoms with van der Waals surface area (Å²) in [5.74, 6) is 0. The lowest BCUT2D eigenvalue weighted by atomic mass is 9.79. The molecule has 22 heavy (non-hydrogen) atoms. The summed E-state index contributed by atoms with van der Waals surface area (Å²) in [6.45, 7) is 3.45. The van der Waals surface area contributed by atoms with Crippen LogP contribution in [0.2, 0.25) is 6.82 Å². The molecular weight excluding hydrogens is 268 g/mol. The maximum absolute atomic E-state index is 6.65. The standard InChI is InChI=1S/C18H20BNO.BH4/c1-19-20-14-8-13-17(20)18(21-19,15-9-4-2-5-10-15)16-11-6-3-7-12-16;/h2-7,9-12,17H,8,13-14H2,1H3;1H4/q;-1/p+1/t17-;/m1./s1. The molecule has 114 valence electrons. The van der Waals surface area contributed by atoms with Gasteiger partial charge < -0.3 is 9.47 Å². The Bertz CT molecular complexity index is 580. The number of hydrogen-bond donors (Lipinski definition) is 1. The summed E-state index contributed by atoms with van der Waals surface area (Å²) in [6.07, 6.45) is 2.54. The summed E-state index contributed by atoms with van der Waals surface area (Å²) < 4.78 is 6.65. The van der Waals surface area contributed by atoms with Crippen molar-refractivity contribution >= 4 is 15.5 Å². The van der Waals surface area contributed by atoms with Crippen LogP contribution in [0.5, 0.6) is 0 Å². The Labute approximate surface area is 135 Å². The topological polar surface area (TPSA) is 13.7 Å². The summed E-state index contributed by atoms with van der Waals surface area (Å²) in [5.41, 5.74) is 2.31. The van der Waals surface area contributed by atoms with Gasteiger partial charge in [-0.05, 0) is 11.1 Å². The SMILES string of the molecule is CB1OC(c2ccccc2)(c2ccccc2)[C@H]2CCC[NH+]12.[BH4-]. The van der Waals surface area contributed by atoms with Gasteiger partial charge in [-0.2, -0.15) is 0 Å². The molecule has 4 heteroatoms. The average molecular weight is 293 g/mol. The molecular formula is C18H25B2NO. The first-order valence-electron chi connectivity index (χ1n) is 7.97. The van der Waals surface area contributed by atoms with Crippen molar-refractivity contribution in [2.45, 2.75) is 31.3 Å². The zero-order chi connectivity index (χ0) is 14.3. The van der Waals surface area contributed by atoms with E-state index in [0.29, 0.717) is 6.04 Å². The van der Waals surface area contributed by atoms with E-state index in [2.05, 4.69) is 67.5 Å². The van der Waals surface area contributed by atoms with Gasteiger partial charge in [-0.3, -0.25) is 0 Å². The van der Waals surface area contributed by atoms with E-state index in [1.165, 1.54) is 30.5 Å². The quantitative estimate of drug-likeness (QED) is 0.804. The minimum absolute atomic E-state index is 0. The van der Waals surface area contributed by atoms with Gasteiger partial charge in [-0.25, -0.2) is 0 Å². The molecule has 2 heterocycles. The number of fused-ring (bicyclic) bond motifs is 1. The van der Waals surface area contributed by atoms with Crippen molar-refractivity contribution in [3.8, 4) is 0 Å². The molecule has 2 saturated heterocycles. The number of quaternary nitrogens is 1. The number of benzene rings is 2. The summed E-state index contributed by atoms with van der Waals surface area (Å²) in [6, 6.07) is 22.1. The van der Waals surface area contributed by atoms with E-state index >= 15 is 0 Å². The summed E-state index contributed by atoms with van der Waals surface area (Å²) in [4.78, 5) is 1.61. The predicted octanol–water partition coefficient (Wildman–Crippen LogP) is 0.674. The molecule has 2 nitrogen and oxygen atoms in total. The highest BCUT2D eigenvalue weighted by Gasteiger charge is 2.61. The Balaban J connectivity index is 0.00000144. The second-order valence-corrected chi connectivity index (χ2v) is 6.25. The zero-order valence-electron chi connectivity index (χ0n) is 12.5. The van der Waals surface area contributed by atoms with Crippen LogP contribution in [0.3, 0.4) is 0 Å². The van der Waals surface area contributed by atoms with E-state index < -0.39 is 0 Å². The maximum Gasteiger partial charge on any atom is 0.570 e. The first-order chi connectivity index (χ1) is 10.3. The molecule has 1 N–H and O–H groups in total. The van der Waals surface area contributed by atoms with Gasteiger partial charge in [0.05, 0.1) is 6.54 Å². The molecule has 2 aliphatic rings. The number of hydrogen-bond acceptors (Lipinski definition) is 1. The second kappa shape index (κ2) is 5.94. The Morgan fingerprint density at radius 1 is 1.00 bits per heavy atom. The van der Waals surface area contributed by atoms with E-state index in [4.69, 9.17) is 4.65 Å². The normalized spacial score (nSPS) is 25.6. The van der Waals surface area contributed by atoms with Crippen LogP contribution < -0.4 is 4.81 Å². The van der Waals surface area contributed by atoms with Crippen molar-refractivity contribution in [1.29, 1.82) is 0 Å². The van der Waals surface area contributed by atoms with E-state index in [9.17, 15) is 0 Å². The molecule has 1 unspecified atom stereocenters. The lowest BCUT2D eigenvalue weighted by Gasteiger charge is -2.33. The van der Waals surface area contributed by atoms with Gasteiger partial charge in [-0.15, -0.1) is 0 Å². The fourth-order valence-electron chi connectivity index (χ4n) is 4.33. The maximum atomic E-state index is 6.65. The molecule has 2 aromatic carbocycles. The highest BCUT2D eigenvalue weighted by molar-refractivity contribution is 6.41. The van der Waals surface area contributed by atoms with Crippen LogP contribution in [0, 0.1) is 0 Å². The van der Waals surface area contributed by atoms with Crippen molar-refractivity contribution in [2.24, 2.45) is 0 Å². The first kappa shape index (κ1) is 15.4. The monoisotopic (exact) mass is 293 g/mol. The predicted molar refractivity (Wildman–Crippen MR) is 96.6 cm³/mol.